The van der Waals surface area contributed by atoms with Gasteiger partial charge >= 0.3 is 17.9 Å². The van der Waals surface area contributed by atoms with Crippen LogP contribution in [0.1, 0.15) is 213 Å². The second kappa shape index (κ2) is 49.0. The van der Waals surface area contributed by atoms with Crippen LogP contribution in [0.25, 0.3) is 0 Å². The van der Waals surface area contributed by atoms with Gasteiger partial charge in [0.2, 0.25) is 0 Å². The Bertz CT molecular complexity index is 1250. The molecular weight excluding hydrogens is 757 g/mol. The first-order valence-electron chi connectivity index (χ1n) is 24.7. The predicted molar refractivity (Wildman–Crippen MR) is 260 cm³/mol. The lowest BCUT2D eigenvalue weighted by molar-refractivity contribution is -0.166. The van der Waals surface area contributed by atoms with E-state index in [0.717, 1.165) is 103 Å². The Labute approximate surface area is 375 Å². The molecule has 346 valence electrons. The molecule has 0 aliphatic heterocycles. The van der Waals surface area contributed by atoms with E-state index >= 15 is 0 Å². The largest absolute Gasteiger partial charge is 0.462 e. The van der Waals surface area contributed by atoms with Crippen molar-refractivity contribution in [2.75, 3.05) is 13.2 Å². The molecule has 1 atom stereocenters. The minimum Gasteiger partial charge on any atom is -0.462 e. The van der Waals surface area contributed by atoms with Crippen LogP contribution in [0.15, 0.2) is 97.2 Å². The van der Waals surface area contributed by atoms with Crippen LogP contribution < -0.4 is 0 Å². The molecule has 0 bridgehead atoms. The number of allylic oxidation sites excluding steroid dienone is 16. The Hall–Kier alpha value is -3.67. The molecule has 0 spiro atoms. The van der Waals surface area contributed by atoms with Gasteiger partial charge in [0.15, 0.2) is 6.10 Å². The maximum absolute atomic E-state index is 12.7. The summed E-state index contributed by atoms with van der Waals surface area (Å²) in [6.45, 7) is 6.37. The summed E-state index contributed by atoms with van der Waals surface area (Å²) in [4.78, 5) is 37.8. The van der Waals surface area contributed by atoms with E-state index in [4.69, 9.17) is 14.2 Å². The minimum atomic E-state index is -0.814. The van der Waals surface area contributed by atoms with Crippen LogP contribution >= 0.6 is 0 Å². The van der Waals surface area contributed by atoms with Gasteiger partial charge in [-0.25, -0.2) is 0 Å². The van der Waals surface area contributed by atoms with Gasteiger partial charge in [-0.05, 0) is 109 Å². The first-order chi connectivity index (χ1) is 30.0. The van der Waals surface area contributed by atoms with Crippen molar-refractivity contribution in [1.29, 1.82) is 0 Å². The fourth-order valence-corrected chi connectivity index (χ4v) is 6.34. The van der Waals surface area contributed by atoms with Crippen molar-refractivity contribution in [2.24, 2.45) is 0 Å². The highest BCUT2D eigenvalue weighted by atomic mass is 16.6. The molecule has 0 saturated carbocycles. The molecule has 0 rings (SSSR count). The molecule has 0 aromatic heterocycles. The van der Waals surface area contributed by atoms with Gasteiger partial charge in [-0.2, -0.15) is 0 Å². The molecule has 0 aliphatic rings. The van der Waals surface area contributed by atoms with E-state index in [-0.39, 0.29) is 37.5 Å². The number of carbonyl (C=O) groups is 3. The summed E-state index contributed by atoms with van der Waals surface area (Å²) in [7, 11) is 0. The second-order valence-corrected chi connectivity index (χ2v) is 16.0. The molecule has 6 nitrogen and oxygen atoms in total. The topological polar surface area (TPSA) is 78.9 Å². The van der Waals surface area contributed by atoms with Gasteiger partial charge in [-0.15, -0.1) is 0 Å². The average Bonchev–Trinajstić information content (AvgIpc) is 3.26. The molecule has 0 saturated heterocycles. The Balaban J connectivity index is 4.51. The summed E-state index contributed by atoms with van der Waals surface area (Å²) in [5.74, 6) is -1.02. The third kappa shape index (κ3) is 47.2. The quantitative estimate of drug-likeness (QED) is 0.0263. The third-order valence-corrected chi connectivity index (χ3v) is 10.1. The van der Waals surface area contributed by atoms with E-state index < -0.39 is 6.10 Å². The lowest BCUT2D eigenvalue weighted by atomic mass is 10.1. The van der Waals surface area contributed by atoms with Crippen LogP contribution in [-0.4, -0.2) is 37.2 Å². The molecule has 0 heterocycles. The molecular formula is C55H90O6. The van der Waals surface area contributed by atoms with Crippen molar-refractivity contribution in [3.8, 4) is 0 Å². The third-order valence-electron chi connectivity index (χ3n) is 10.1. The monoisotopic (exact) mass is 847 g/mol. The smallest absolute Gasteiger partial charge is 0.306 e. The summed E-state index contributed by atoms with van der Waals surface area (Å²) >= 11 is 0. The highest BCUT2D eigenvalue weighted by Crippen LogP contribution is 2.12. The maximum atomic E-state index is 12.7. The molecule has 0 unspecified atom stereocenters. The molecule has 0 radical (unpaired) electrons. The molecule has 0 aromatic rings. The van der Waals surface area contributed by atoms with Crippen LogP contribution in [0.2, 0.25) is 0 Å². The molecule has 61 heavy (non-hydrogen) atoms. The summed E-state index contributed by atoms with van der Waals surface area (Å²) in [6, 6.07) is 0. The molecule has 0 aliphatic carbocycles. The number of esters is 3. The van der Waals surface area contributed by atoms with E-state index in [1.165, 1.54) is 64.2 Å². The van der Waals surface area contributed by atoms with E-state index in [0.29, 0.717) is 19.3 Å². The minimum absolute atomic E-state index is 0.110. The Morgan fingerprint density at radius 3 is 1.10 bits per heavy atom. The van der Waals surface area contributed by atoms with Crippen molar-refractivity contribution >= 4 is 17.9 Å². The standard InChI is InChI=1S/C55H90O6/c1-4-7-10-13-16-19-22-25-26-27-28-29-30-31-34-36-39-42-45-48-54(57)60-51-52(61-55(58)49-46-43-40-37-33-24-21-18-15-12-9-6-3)50-59-53(56)47-44-41-38-35-32-23-20-17-14-11-8-5-2/h7,10,16-21,25-26,28-29,31,34,39,42,52H,4-6,8-9,11-15,22-24,27,30,32-33,35-38,40-41,43-51H2,1-3H3/b10-7-,19-16-,20-17-,21-18-,26-25-,29-28-,34-31-,42-39-/t52-/m1/s1. The molecule has 0 amide bonds. The number of hydrogen-bond acceptors (Lipinski definition) is 6. The van der Waals surface area contributed by atoms with E-state index in [2.05, 4.69) is 106 Å². The van der Waals surface area contributed by atoms with Gasteiger partial charge < -0.3 is 14.2 Å². The molecule has 0 N–H and O–H groups in total. The number of carbonyl (C=O) groups excluding carboxylic acids is 3. The summed E-state index contributed by atoms with van der Waals surface area (Å²) < 4.78 is 16.7. The van der Waals surface area contributed by atoms with Crippen molar-refractivity contribution in [1.82, 2.24) is 0 Å². The fourth-order valence-electron chi connectivity index (χ4n) is 6.34. The highest BCUT2D eigenvalue weighted by molar-refractivity contribution is 5.71. The van der Waals surface area contributed by atoms with E-state index in [1.54, 1.807) is 0 Å². The normalized spacial score (nSPS) is 12.9. The molecule has 6 heteroatoms. The van der Waals surface area contributed by atoms with Gasteiger partial charge in [-0.1, -0.05) is 182 Å². The summed E-state index contributed by atoms with van der Waals surface area (Å²) in [5.41, 5.74) is 0. The molecule has 0 aromatic carbocycles. The zero-order valence-corrected chi connectivity index (χ0v) is 39.4. The van der Waals surface area contributed by atoms with E-state index in [9.17, 15) is 14.4 Å². The maximum Gasteiger partial charge on any atom is 0.306 e. The van der Waals surface area contributed by atoms with Crippen molar-refractivity contribution < 1.29 is 28.6 Å². The van der Waals surface area contributed by atoms with Crippen LogP contribution in [0.5, 0.6) is 0 Å². The first-order valence-corrected chi connectivity index (χ1v) is 24.7. The van der Waals surface area contributed by atoms with Crippen molar-refractivity contribution in [2.45, 2.75) is 219 Å². The molecule has 0 fully saturated rings. The Morgan fingerprint density at radius 2 is 0.672 bits per heavy atom. The van der Waals surface area contributed by atoms with Gasteiger partial charge in [0.1, 0.15) is 13.2 Å². The Morgan fingerprint density at radius 1 is 0.344 bits per heavy atom. The zero-order chi connectivity index (χ0) is 44.4. The van der Waals surface area contributed by atoms with Gasteiger partial charge in [0, 0.05) is 19.3 Å². The number of ether oxygens (including phenoxy) is 3. The highest BCUT2D eigenvalue weighted by Gasteiger charge is 2.19. The zero-order valence-electron chi connectivity index (χ0n) is 39.4. The predicted octanol–water partition coefficient (Wildman–Crippen LogP) is 16.2. The van der Waals surface area contributed by atoms with Gasteiger partial charge in [-0.3, -0.25) is 14.4 Å². The van der Waals surface area contributed by atoms with Crippen LogP contribution in [-0.2, 0) is 28.6 Å². The van der Waals surface area contributed by atoms with Crippen LogP contribution in [0, 0.1) is 0 Å². The number of rotatable bonds is 43. The van der Waals surface area contributed by atoms with Gasteiger partial charge in [0.25, 0.3) is 0 Å². The van der Waals surface area contributed by atoms with E-state index in [1.807, 2.05) is 12.2 Å². The van der Waals surface area contributed by atoms with Crippen LogP contribution in [0.3, 0.4) is 0 Å². The Kier molecular flexibility index (Phi) is 46.0. The van der Waals surface area contributed by atoms with Crippen molar-refractivity contribution in [3.05, 3.63) is 97.2 Å². The average molecular weight is 847 g/mol. The fraction of sp³-hybridized carbons (Fsp3) is 0.655. The number of unbranched alkanes of at least 4 members (excludes halogenated alkanes) is 16. The van der Waals surface area contributed by atoms with Crippen molar-refractivity contribution in [3.63, 3.8) is 0 Å². The first kappa shape index (κ1) is 57.3. The lowest BCUT2D eigenvalue weighted by Gasteiger charge is -2.18. The summed E-state index contributed by atoms with van der Waals surface area (Å²) in [5, 5.41) is 0. The number of hydrogen-bond donors (Lipinski definition) is 0. The summed E-state index contributed by atoms with van der Waals surface area (Å²) in [6.07, 6.45) is 64.0. The lowest BCUT2D eigenvalue weighted by Crippen LogP contribution is -2.30. The van der Waals surface area contributed by atoms with Crippen LogP contribution in [0.4, 0.5) is 0 Å². The SMILES string of the molecule is CC/C=C\C/C=C\C/C=C\C/C=C\C/C=C\C/C=C\CCC(=O)OC[C@@H](COC(=O)CCCCCCC/C=C\CCCCC)OC(=O)CCCCCCC/C=C\CCCCC. The van der Waals surface area contributed by atoms with Gasteiger partial charge in [0.05, 0.1) is 0 Å². The second-order valence-electron chi connectivity index (χ2n) is 16.0.